The number of nitrogens with one attached hydrogen (secondary N) is 2. The molecule has 1 atom stereocenters. The lowest BCUT2D eigenvalue weighted by Gasteiger charge is -2.18. The van der Waals surface area contributed by atoms with Gasteiger partial charge in [-0.15, -0.1) is 0 Å². The van der Waals surface area contributed by atoms with Gasteiger partial charge in [0.2, 0.25) is 10.0 Å². The molecule has 0 fully saturated rings. The summed E-state index contributed by atoms with van der Waals surface area (Å²) in [6, 6.07) is 23.2. The summed E-state index contributed by atoms with van der Waals surface area (Å²) >= 11 is 0. The van der Waals surface area contributed by atoms with Crippen LogP contribution in [0.3, 0.4) is 0 Å². The number of benzene rings is 4. The number of carbonyl (C=O) groups is 3. The average Bonchev–Trinajstić information content (AvgIpc) is 3.27. The van der Waals surface area contributed by atoms with Gasteiger partial charge in [0.05, 0.1) is 4.90 Å². The van der Waals surface area contributed by atoms with Crippen molar-refractivity contribution in [3.05, 3.63) is 119 Å². The smallest absolute Gasteiger partial charge is 0.330 e. The summed E-state index contributed by atoms with van der Waals surface area (Å²) in [6.45, 7) is -0.0895. The third kappa shape index (κ3) is 5.47. The Morgan fingerprint density at radius 1 is 0.854 bits per heavy atom. The average molecular weight is 570 g/mol. The molecule has 4 aromatic carbocycles. The van der Waals surface area contributed by atoms with E-state index >= 15 is 0 Å². The third-order valence-electron chi connectivity index (χ3n) is 6.91. The maximum absolute atomic E-state index is 13.4. The molecule has 0 aliphatic heterocycles. The first-order chi connectivity index (χ1) is 19.6. The van der Waals surface area contributed by atoms with Gasteiger partial charge in [-0.2, -0.15) is 0 Å². The van der Waals surface area contributed by atoms with E-state index in [9.17, 15) is 27.9 Å². The Morgan fingerprint density at radius 2 is 1.54 bits per heavy atom. The monoisotopic (exact) mass is 569 g/mol. The van der Waals surface area contributed by atoms with Crippen molar-refractivity contribution in [1.82, 2.24) is 10.0 Å². The van der Waals surface area contributed by atoms with E-state index in [1.54, 1.807) is 83.8 Å². The molecular weight excluding hydrogens is 542 g/mol. The van der Waals surface area contributed by atoms with Crippen LogP contribution in [0.1, 0.15) is 43.4 Å². The number of fused-ring (bicyclic) bond motifs is 3. The van der Waals surface area contributed by atoms with Crippen molar-refractivity contribution in [2.24, 2.45) is 0 Å². The molecule has 9 nitrogen and oxygen atoms in total. The lowest BCUT2D eigenvalue weighted by molar-refractivity contribution is -0.139. The highest BCUT2D eigenvalue weighted by molar-refractivity contribution is 7.89. The number of ketones is 1. The largest absolute Gasteiger partial charge is 0.479 e. The van der Waals surface area contributed by atoms with E-state index in [1.165, 1.54) is 12.1 Å². The number of carboxylic acid groups (broad SMARTS) is 1. The van der Waals surface area contributed by atoms with Crippen molar-refractivity contribution in [3.63, 3.8) is 0 Å². The van der Waals surface area contributed by atoms with Gasteiger partial charge < -0.3 is 15.3 Å². The van der Waals surface area contributed by atoms with E-state index in [1.807, 2.05) is 14.1 Å². The minimum absolute atomic E-state index is 0.0895. The van der Waals surface area contributed by atoms with Crippen molar-refractivity contribution < 1.29 is 27.9 Å². The van der Waals surface area contributed by atoms with Crippen LogP contribution in [0.5, 0.6) is 0 Å². The maximum atomic E-state index is 13.4. The highest BCUT2D eigenvalue weighted by Crippen LogP contribution is 2.39. The minimum Gasteiger partial charge on any atom is -0.479 e. The zero-order valence-electron chi connectivity index (χ0n) is 22.3. The Hall–Kier alpha value is -4.80. The molecule has 0 unspecified atom stereocenters. The number of aliphatic carboxylic acids is 1. The fourth-order valence-corrected chi connectivity index (χ4v) is 5.89. The lowest BCUT2D eigenvalue weighted by atomic mass is 9.98. The van der Waals surface area contributed by atoms with Gasteiger partial charge in [-0.25, -0.2) is 17.9 Å². The Kier molecular flexibility index (Phi) is 7.44. The summed E-state index contributed by atoms with van der Waals surface area (Å²) in [5, 5.41) is 12.6. The van der Waals surface area contributed by atoms with E-state index in [0.717, 1.165) is 5.69 Å². The maximum Gasteiger partial charge on any atom is 0.330 e. The number of sulfonamides is 1. The van der Waals surface area contributed by atoms with Crippen molar-refractivity contribution in [3.8, 4) is 11.1 Å². The number of rotatable bonds is 9. The van der Waals surface area contributed by atoms with Crippen LogP contribution in [-0.2, 0) is 21.4 Å². The molecule has 41 heavy (non-hydrogen) atoms. The normalized spacial score (nSPS) is 12.8. The lowest BCUT2D eigenvalue weighted by Crippen LogP contribution is -2.34. The van der Waals surface area contributed by atoms with Gasteiger partial charge in [0.25, 0.3) is 5.91 Å². The van der Waals surface area contributed by atoms with Gasteiger partial charge in [-0.3, -0.25) is 9.59 Å². The SMILES string of the molecule is CN(C)c1cccc(S(=O)(=O)NCc2cccc([C@H](NC(=O)c3cccc4c3-c3ccccc3C4=O)C(=O)O)c2)c1. The fourth-order valence-electron chi connectivity index (χ4n) is 4.83. The molecule has 0 aromatic heterocycles. The van der Waals surface area contributed by atoms with Crippen LogP contribution in [-0.4, -0.2) is 45.3 Å². The van der Waals surface area contributed by atoms with Crippen LogP contribution in [0.25, 0.3) is 11.1 Å². The molecule has 5 rings (SSSR count). The second-order valence-electron chi connectivity index (χ2n) is 9.81. The molecule has 3 N–H and O–H groups in total. The van der Waals surface area contributed by atoms with Crippen molar-refractivity contribution in [2.75, 3.05) is 19.0 Å². The number of carboxylic acids is 1. The molecule has 10 heteroatoms. The van der Waals surface area contributed by atoms with Gasteiger partial charge in [-0.05, 0) is 41.0 Å². The second kappa shape index (κ2) is 11.0. The van der Waals surface area contributed by atoms with Crippen LogP contribution in [0.2, 0.25) is 0 Å². The minimum atomic E-state index is -3.84. The predicted molar refractivity (Wildman–Crippen MR) is 154 cm³/mol. The van der Waals surface area contributed by atoms with E-state index in [0.29, 0.717) is 27.8 Å². The van der Waals surface area contributed by atoms with Gasteiger partial charge >= 0.3 is 5.97 Å². The molecule has 0 saturated carbocycles. The van der Waals surface area contributed by atoms with Gasteiger partial charge in [0, 0.05) is 48.6 Å². The predicted octanol–water partition coefficient (Wildman–Crippen LogP) is 4.00. The van der Waals surface area contributed by atoms with Gasteiger partial charge in [-0.1, -0.05) is 66.7 Å². The third-order valence-corrected chi connectivity index (χ3v) is 8.31. The number of nitrogens with zero attached hydrogens (tertiary/aromatic N) is 1. The van der Waals surface area contributed by atoms with E-state index in [4.69, 9.17) is 0 Å². The first kappa shape index (κ1) is 27.8. The highest BCUT2D eigenvalue weighted by Gasteiger charge is 2.32. The molecule has 1 aliphatic rings. The Labute approximate surface area is 237 Å². The highest BCUT2D eigenvalue weighted by atomic mass is 32.2. The molecule has 1 amide bonds. The first-order valence-corrected chi connectivity index (χ1v) is 14.2. The molecule has 0 spiro atoms. The summed E-state index contributed by atoms with van der Waals surface area (Å²) in [5.74, 6) is -2.13. The van der Waals surface area contributed by atoms with Crippen LogP contribution in [0, 0.1) is 0 Å². The molecule has 0 heterocycles. The van der Waals surface area contributed by atoms with Crippen LogP contribution in [0.15, 0.2) is 95.9 Å². The number of hydrogen-bond donors (Lipinski definition) is 3. The van der Waals surface area contributed by atoms with Crippen molar-refractivity contribution >= 4 is 33.4 Å². The molecular formula is C31H27N3O6S. The number of hydrogen-bond acceptors (Lipinski definition) is 6. The molecule has 0 saturated heterocycles. The Morgan fingerprint density at radius 3 is 2.27 bits per heavy atom. The first-order valence-electron chi connectivity index (χ1n) is 12.7. The van der Waals surface area contributed by atoms with E-state index in [2.05, 4.69) is 10.0 Å². The molecule has 208 valence electrons. The van der Waals surface area contributed by atoms with Crippen molar-refractivity contribution in [2.45, 2.75) is 17.5 Å². The van der Waals surface area contributed by atoms with Crippen molar-refractivity contribution in [1.29, 1.82) is 0 Å². The quantitative estimate of drug-likeness (QED) is 0.244. The summed E-state index contributed by atoms with van der Waals surface area (Å²) in [4.78, 5) is 40.4. The van der Waals surface area contributed by atoms with E-state index in [-0.39, 0.29) is 28.4 Å². The number of amides is 1. The van der Waals surface area contributed by atoms with Crippen LogP contribution >= 0.6 is 0 Å². The zero-order valence-corrected chi connectivity index (χ0v) is 23.1. The summed E-state index contributed by atoms with van der Waals surface area (Å²) in [5.41, 5.74) is 3.66. The summed E-state index contributed by atoms with van der Waals surface area (Å²) < 4.78 is 28.4. The van der Waals surface area contributed by atoms with Gasteiger partial charge in [0.15, 0.2) is 11.8 Å². The standard InChI is InChI=1S/C31H27N3O6S/c1-34(2)21-10-6-11-22(17-21)41(39,40)32-18-19-8-5-9-20(16-19)28(31(37)38)33-30(36)26-15-7-14-25-27(26)23-12-3-4-13-24(23)29(25)35/h3-17,28,32H,18H2,1-2H3,(H,33,36)(H,37,38)/t28-/m0/s1. The second-order valence-corrected chi connectivity index (χ2v) is 11.6. The summed E-state index contributed by atoms with van der Waals surface area (Å²) in [7, 11) is -0.221. The molecule has 4 aromatic rings. The Balaban J connectivity index is 1.37. The number of anilines is 1. The summed E-state index contributed by atoms with van der Waals surface area (Å²) in [6.07, 6.45) is 0. The molecule has 1 aliphatic carbocycles. The van der Waals surface area contributed by atoms with E-state index < -0.39 is 27.9 Å². The number of carbonyl (C=O) groups excluding carboxylic acids is 2. The molecule has 0 radical (unpaired) electrons. The van der Waals surface area contributed by atoms with Crippen LogP contribution in [0.4, 0.5) is 5.69 Å². The Bertz CT molecular complexity index is 1800. The van der Waals surface area contributed by atoms with Gasteiger partial charge in [0.1, 0.15) is 0 Å². The molecule has 0 bridgehead atoms. The topological polar surface area (TPSA) is 133 Å². The van der Waals surface area contributed by atoms with Crippen LogP contribution < -0.4 is 14.9 Å². The zero-order chi connectivity index (χ0) is 29.3. The fraction of sp³-hybridized carbons (Fsp3) is 0.129.